The van der Waals surface area contributed by atoms with Gasteiger partial charge >= 0.3 is 5.97 Å². The van der Waals surface area contributed by atoms with E-state index < -0.39 is 31.5 Å². The Labute approximate surface area is 263 Å². The first-order valence-corrected chi connectivity index (χ1v) is 18.0. The van der Waals surface area contributed by atoms with Crippen molar-refractivity contribution in [1.82, 2.24) is 4.31 Å². The molecule has 0 radical (unpaired) electrons. The Morgan fingerprint density at radius 1 is 1.00 bits per heavy atom. The number of carbonyl (C=O) groups is 1. The van der Waals surface area contributed by atoms with Gasteiger partial charge in [-0.3, -0.25) is 9.35 Å². The third-order valence-electron chi connectivity index (χ3n) is 8.21. The molecule has 1 aliphatic rings. The molecule has 9 nitrogen and oxygen atoms in total. The van der Waals surface area contributed by atoms with Crippen LogP contribution in [-0.4, -0.2) is 50.9 Å². The Kier molecular flexibility index (Phi) is 10.0. The Bertz CT molecular complexity index is 1880. The second-order valence-corrected chi connectivity index (χ2v) is 16.3. The molecule has 0 bridgehead atoms. The summed E-state index contributed by atoms with van der Waals surface area (Å²) in [6, 6.07) is 9.91. The molecule has 4 rings (SSSR count). The van der Waals surface area contributed by atoms with Crippen molar-refractivity contribution in [3.8, 4) is 0 Å². The fourth-order valence-electron chi connectivity index (χ4n) is 5.77. The van der Waals surface area contributed by atoms with Gasteiger partial charge in [0.05, 0.1) is 9.79 Å². The van der Waals surface area contributed by atoms with Crippen LogP contribution in [0, 0.1) is 0 Å². The molecule has 0 amide bonds. The van der Waals surface area contributed by atoms with Gasteiger partial charge in [0.2, 0.25) is 15.5 Å². The van der Waals surface area contributed by atoms with Crippen molar-refractivity contribution >= 4 is 53.7 Å². The van der Waals surface area contributed by atoms with Crippen molar-refractivity contribution in [2.24, 2.45) is 7.05 Å². The minimum atomic E-state index is -4.35. The van der Waals surface area contributed by atoms with E-state index in [0.29, 0.717) is 6.42 Å². The highest BCUT2D eigenvalue weighted by Crippen LogP contribution is 2.52. The summed E-state index contributed by atoms with van der Waals surface area (Å²) >= 11 is 1.50. The highest BCUT2D eigenvalue weighted by Gasteiger charge is 2.41. The highest BCUT2D eigenvalue weighted by atomic mass is 32.2. The number of aliphatic carboxylic acids is 1. The number of nitrogens with zero attached hydrogens (tertiary/aromatic N) is 2. The number of hydrogen-bond acceptors (Lipinski definition) is 6. The molecule has 1 aromatic heterocycles. The number of sulfonamides is 1. The number of carboxylic acids is 1. The van der Waals surface area contributed by atoms with E-state index in [1.807, 2.05) is 55.8 Å². The molecule has 12 heteroatoms. The van der Waals surface area contributed by atoms with Crippen molar-refractivity contribution in [2.45, 2.75) is 67.1 Å². The monoisotopic (exact) mass is 659 g/mol. The number of aromatic nitrogens is 1. The lowest BCUT2D eigenvalue weighted by molar-refractivity contribution is -0.642. The zero-order chi connectivity index (χ0) is 32.4. The molecule has 0 saturated heterocycles. The molecule has 1 atom stereocenters. The van der Waals surface area contributed by atoms with E-state index in [1.54, 1.807) is 24.3 Å². The number of aryl methyl sites for hydroxylation is 1. The lowest BCUT2D eigenvalue weighted by Gasteiger charge is -2.24. The molecular formula is C32H39N2O7S3+. The molecule has 0 spiro atoms. The zero-order valence-electron chi connectivity index (χ0n) is 25.5. The summed E-state index contributed by atoms with van der Waals surface area (Å²) in [5.41, 5.74) is 3.43. The molecule has 0 fully saturated rings. The Morgan fingerprint density at radius 3 is 2.36 bits per heavy atom. The van der Waals surface area contributed by atoms with Gasteiger partial charge in [-0.1, -0.05) is 74.0 Å². The van der Waals surface area contributed by atoms with E-state index >= 15 is 0 Å². The first-order chi connectivity index (χ1) is 20.5. The van der Waals surface area contributed by atoms with Crippen LogP contribution in [0.15, 0.2) is 76.1 Å². The summed E-state index contributed by atoms with van der Waals surface area (Å²) in [5.74, 6) is -0.776. The maximum absolute atomic E-state index is 12.6. The van der Waals surface area contributed by atoms with Crippen LogP contribution in [0.3, 0.4) is 0 Å². The van der Waals surface area contributed by atoms with Crippen molar-refractivity contribution in [3.05, 3.63) is 82.4 Å². The van der Waals surface area contributed by atoms with Crippen molar-refractivity contribution in [2.75, 3.05) is 14.1 Å². The summed E-state index contributed by atoms with van der Waals surface area (Å²) in [6.45, 7) is 4.09. The molecule has 2 aromatic carbocycles. The Balaban J connectivity index is 1.60. The van der Waals surface area contributed by atoms with E-state index in [4.69, 9.17) is 5.11 Å². The normalized spacial score (nSPS) is 17.9. The van der Waals surface area contributed by atoms with E-state index in [0.717, 1.165) is 51.2 Å². The smallest absolute Gasteiger partial charge is 0.303 e. The predicted molar refractivity (Wildman–Crippen MR) is 173 cm³/mol. The van der Waals surface area contributed by atoms with Gasteiger partial charge in [0.25, 0.3) is 15.1 Å². The van der Waals surface area contributed by atoms with Gasteiger partial charge in [-0.2, -0.15) is 13.0 Å². The van der Waals surface area contributed by atoms with Crippen LogP contribution < -0.4 is 4.57 Å². The maximum Gasteiger partial charge on any atom is 0.303 e. The topological polar surface area (TPSA) is 133 Å². The maximum atomic E-state index is 12.6. The summed E-state index contributed by atoms with van der Waals surface area (Å²) < 4.78 is 62.6. The van der Waals surface area contributed by atoms with Crippen LogP contribution in [0.2, 0.25) is 0 Å². The van der Waals surface area contributed by atoms with E-state index in [-0.39, 0.29) is 22.1 Å². The third kappa shape index (κ3) is 7.05. The highest BCUT2D eigenvalue weighted by molar-refractivity contribution is 7.89. The summed E-state index contributed by atoms with van der Waals surface area (Å²) in [5, 5.41) is 9.91. The Hall–Kier alpha value is -3.16. The lowest BCUT2D eigenvalue weighted by Crippen LogP contribution is -2.29. The van der Waals surface area contributed by atoms with Gasteiger partial charge < -0.3 is 5.11 Å². The van der Waals surface area contributed by atoms with E-state index in [2.05, 4.69) is 6.08 Å². The fraction of sp³-hybridized carbons (Fsp3) is 0.375. The average Bonchev–Trinajstić information content (AvgIpc) is 3.36. The van der Waals surface area contributed by atoms with Gasteiger partial charge in [0, 0.05) is 44.0 Å². The van der Waals surface area contributed by atoms with Crippen LogP contribution >= 0.6 is 11.3 Å². The molecule has 0 saturated carbocycles. The minimum Gasteiger partial charge on any atom is -0.481 e. The molecule has 236 valence electrons. The van der Waals surface area contributed by atoms with E-state index in [1.165, 1.54) is 35.8 Å². The molecule has 0 aliphatic heterocycles. The van der Waals surface area contributed by atoms with Crippen LogP contribution in [0.25, 0.3) is 16.3 Å². The molecule has 1 unspecified atom stereocenters. The van der Waals surface area contributed by atoms with Gasteiger partial charge in [-0.25, -0.2) is 12.7 Å². The molecule has 1 heterocycles. The van der Waals surface area contributed by atoms with Crippen molar-refractivity contribution < 1.29 is 35.9 Å². The predicted octanol–water partition coefficient (Wildman–Crippen LogP) is 5.83. The van der Waals surface area contributed by atoms with Crippen LogP contribution in [0.5, 0.6) is 0 Å². The van der Waals surface area contributed by atoms with Gasteiger partial charge in [-0.05, 0) is 48.2 Å². The fourth-order valence-corrected chi connectivity index (χ4v) is 8.38. The first kappa shape index (κ1) is 33.7. The summed E-state index contributed by atoms with van der Waals surface area (Å²) in [4.78, 5) is 11.0. The molecule has 3 aromatic rings. The number of allylic oxidation sites excluding steroid dienone is 5. The zero-order valence-corrected chi connectivity index (χ0v) is 28.0. The van der Waals surface area contributed by atoms with Crippen LogP contribution in [0.1, 0.15) is 68.0 Å². The lowest BCUT2D eigenvalue weighted by atomic mass is 9.80. The minimum absolute atomic E-state index is 0.0296. The number of carboxylic acid groups (broad SMARTS) is 1. The second-order valence-electron chi connectivity index (χ2n) is 11.7. The van der Waals surface area contributed by atoms with Crippen LogP contribution in [0.4, 0.5) is 0 Å². The summed E-state index contributed by atoms with van der Waals surface area (Å²) in [7, 11) is -2.93. The first-order valence-electron chi connectivity index (χ1n) is 14.3. The third-order valence-corrected chi connectivity index (χ3v) is 12.0. The molecule has 44 heavy (non-hydrogen) atoms. The number of thiazole rings is 1. The van der Waals surface area contributed by atoms with Crippen molar-refractivity contribution in [3.63, 3.8) is 0 Å². The molecule has 1 aliphatic carbocycles. The quantitative estimate of drug-likeness (QED) is 0.108. The second kappa shape index (κ2) is 13.1. The standard InChI is InChI=1S/C32H38N2O7S3/c1-32(2)26(24(12-8-6-11-15-31(35)36)25-18-16-23(20-27(25)32)44(39,40)41)13-9-7-10-14-30-34(5)28-19-17-22(21-29(28)42-30)43(37,38)33(3)4/h7,9-10,13-14,16-21,24H,6,8,11-12,15H2,1-5H3,(H-,35,36,39,40,41)/p+1. The van der Waals surface area contributed by atoms with E-state index in [9.17, 15) is 26.2 Å². The Morgan fingerprint density at radius 2 is 1.70 bits per heavy atom. The van der Waals surface area contributed by atoms with Crippen molar-refractivity contribution in [1.29, 1.82) is 0 Å². The number of hydrogen-bond donors (Lipinski definition) is 2. The number of fused-ring (bicyclic) bond motifs is 2. The largest absolute Gasteiger partial charge is 0.481 e. The molecule has 2 N–H and O–H groups in total. The van der Waals surface area contributed by atoms with Gasteiger partial charge in [0.1, 0.15) is 11.7 Å². The molecular weight excluding hydrogens is 621 g/mol. The van der Waals surface area contributed by atoms with Gasteiger partial charge in [0.15, 0.2) is 0 Å². The number of benzene rings is 2. The number of unbranched alkanes of at least 4 members (excludes halogenated alkanes) is 2. The SMILES string of the molecule is CN(C)S(=O)(=O)c1ccc2c(c1)sc(C=CC=CC=C1C(CCCCCC(=O)O)c3ccc(S(=O)(=O)O)cc3C1(C)C)[n+]2C. The van der Waals surface area contributed by atoms with Crippen LogP contribution in [-0.2, 0) is 37.4 Å². The summed E-state index contributed by atoms with van der Waals surface area (Å²) in [6.07, 6.45) is 13.0. The van der Waals surface area contributed by atoms with Gasteiger partial charge in [-0.15, -0.1) is 0 Å². The average molecular weight is 660 g/mol. The number of rotatable bonds is 12.